The number of fused-ring (bicyclic) bond motifs is 1. The molecule has 126 valence electrons. The van der Waals surface area contributed by atoms with Gasteiger partial charge in [-0.2, -0.15) is 0 Å². The van der Waals surface area contributed by atoms with E-state index in [-0.39, 0.29) is 11.9 Å². The molecule has 0 spiro atoms. The number of rotatable bonds is 3. The lowest BCUT2D eigenvalue weighted by atomic mass is 10.0. The largest absolute Gasteiger partial charge is 0.379 e. The molecule has 6 heteroatoms. The van der Waals surface area contributed by atoms with E-state index in [4.69, 9.17) is 4.74 Å². The van der Waals surface area contributed by atoms with Crippen molar-refractivity contribution in [2.45, 2.75) is 19.0 Å². The van der Waals surface area contributed by atoms with Crippen molar-refractivity contribution >= 4 is 17.2 Å². The maximum atomic E-state index is 13.3. The molecule has 0 aliphatic carbocycles. The lowest BCUT2D eigenvalue weighted by Crippen LogP contribution is -2.48. The minimum Gasteiger partial charge on any atom is -0.379 e. The highest BCUT2D eigenvalue weighted by atomic mass is 32.1. The van der Waals surface area contributed by atoms with Gasteiger partial charge in [-0.05, 0) is 35.1 Å². The van der Waals surface area contributed by atoms with Crippen LogP contribution < -0.4 is 0 Å². The molecule has 0 aromatic carbocycles. The summed E-state index contributed by atoms with van der Waals surface area (Å²) in [5, 5.41) is 2.12. The lowest BCUT2D eigenvalue weighted by molar-refractivity contribution is -0.140. The van der Waals surface area contributed by atoms with Gasteiger partial charge in [0, 0.05) is 43.4 Å². The summed E-state index contributed by atoms with van der Waals surface area (Å²) < 4.78 is 5.47. The van der Waals surface area contributed by atoms with Gasteiger partial charge in [0.2, 0.25) is 5.91 Å². The number of morpholine rings is 1. The molecule has 0 N–H and O–H groups in total. The van der Waals surface area contributed by atoms with E-state index in [9.17, 15) is 4.79 Å². The predicted octanol–water partition coefficient (Wildman–Crippen LogP) is 2.10. The first-order valence-electron chi connectivity index (χ1n) is 8.38. The molecule has 0 bridgehead atoms. The van der Waals surface area contributed by atoms with Crippen LogP contribution in [0.25, 0.3) is 0 Å². The molecule has 2 aromatic rings. The van der Waals surface area contributed by atoms with E-state index in [1.54, 1.807) is 17.5 Å². The second-order valence-electron chi connectivity index (χ2n) is 6.22. The second-order valence-corrected chi connectivity index (χ2v) is 7.22. The molecular formula is C18H21N3O2S. The summed E-state index contributed by atoms with van der Waals surface area (Å²) in [6, 6.07) is 5.80. The normalized spacial score (nSPS) is 19.8. The number of carbonyl (C=O) groups is 1. The van der Waals surface area contributed by atoms with Gasteiger partial charge in [-0.25, -0.2) is 0 Å². The standard InChI is InChI=1S/C18H21N3O2S/c22-18(21-6-3-16-15(13-21)4-11-24-16)17(14-2-1-5-19-12-14)20-7-9-23-10-8-20/h1-2,4-5,11-12,17H,3,6-10,13H2/t17-/m0/s1. The number of nitrogens with zero attached hydrogens (tertiary/aromatic N) is 3. The van der Waals surface area contributed by atoms with E-state index >= 15 is 0 Å². The molecule has 0 saturated carbocycles. The van der Waals surface area contributed by atoms with Crippen LogP contribution in [0.2, 0.25) is 0 Å². The third-order valence-corrected chi connectivity index (χ3v) is 5.79. The van der Waals surface area contributed by atoms with Gasteiger partial charge in [0.15, 0.2) is 0 Å². The fourth-order valence-corrected chi connectivity index (χ4v) is 4.38. The van der Waals surface area contributed by atoms with Crippen LogP contribution in [0, 0.1) is 0 Å². The van der Waals surface area contributed by atoms with Crippen LogP contribution in [-0.4, -0.2) is 53.5 Å². The first-order valence-corrected chi connectivity index (χ1v) is 9.26. The highest BCUT2D eigenvalue weighted by molar-refractivity contribution is 7.10. The first-order chi connectivity index (χ1) is 11.8. The van der Waals surface area contributed by atoms with Gasteiger partial charge in [-0.1, -0.05) is 6.07 Å². The van der Waals surface area contributed by atoms with E-state index in [0.29, 0.717) is 13.2 Å². The van der Waals surface area contributed by atoms with Crippen LogP contribution in [0.3, 0.4) is 0 Å². The van der Waals surface area contributed by atoms with Gasteiger partial charge in [-0.15, -0.1) is 11.3 Å². The number of carbonyl (C=O) groups excluding carboxylic acids is 1. The zero-order valence-corrected chi connectivity index (χ0v) is 14.4. The number of amides is 1. The molecule has 4 rings (SSSR count). The molecule has 2 aliphatic heterocycles. The Hall–Kier alpha value is -1.76. The Kier molecular flexibility index (Phi) is 4.60. The molecule has 0 unspecified atom stereocenters. The number of pyridine rings is 1. The topological polar surface area (TPSA) is 45.7 Å². The number of hydrogen-bond donors (Lipinski definition) is 0. The minimum atomic E-state index is -0.261. The summed E-state index contributed by atoms with van der Waals surface area (Å²) in [5.74, 6) is 0.182. The summed E-state index contributed by atoms with van der Waals surface area (Å²) in [6.07, 6.45) is 4.53. The lowest BCUT2D eigenvalue weighted by Gasteiger charge is -2.37. The van der Waals surface area contributed by atoms with Gasteiger partial charge in [0.1, 0.15) is 6.04 Å². The van der Waals surface area contributed by atoms with Gasteiger partial charge < -0.3 is 9.64 Å². The van der Waals surface area contributed by atoms with Crippen LogP contribution in [-0.2, 0) is 22.5 Å². The van der Waals surface area contributed by atoms with Crippen LogP contribution >= 0.6 is 11.3 Å². The van der Waals surface area contributed by atoms with Crippen molar-refractivity contribution in [1.29, 1.82) is 0 Å². The fourth-order valence-electron chi connectivity index (χ4n) is 3.49. The van der Waals surface area contributed by atoms with E-state index in [2.05, 4.69) is 21.3 Å². The molecule has 1 amide bonds. The summed E-state index contributed by atoms with van der Waals surface area (Å²) >= 11 is 1.80. The SMILES string of the molecule is O=C([C@H](c1cccnc1)N1CCOCC1)N1CCc2sccc2C1. The van der Waals surface area contributed by atoms with Crippen LogP contribution in [0.1, 0.15) is 22.0 Å². The molecule has 2 aliphatic rings. The molecule has 1 fully saturated rings. The van der Waals surface area contributed by atoms with Crippen molar-refractivity contribution in [2.24, 2.45) is 0 Å². The predicted molar refractivity (Wildman–Crippen MR) is 92.8 cm³/mol. The number of aromatic nitrogens is 1. The summed E-state index contributed by atoms with van der Waals surface area (Å²) in [6.45, 7) is 4.44. The molecular weight excluding hydrogens is 322 g/mol. The van der Waals surface area contributed by atoms with Crippen molar-refractivity contribution < 1.29 is 9.53 Å². The molecule has 2 aromatic heterocycles. The average Bonchev–Trinajstić information content (AvgIpc) is 3.11. The van der Waals surface area contributed by atoms with E-state index in [1.807, 2.05) is 23.2 Å². The monoisotopic (exact) mass is 343 g/mol. The third kappa shape index (κ3) is 3.09. The highest BCUT2D eigenvalue weighted by Crippen LogP contribution is 2.29. The van der Waals surface area contributed by atoms with Gasteiger partial charge >= 0.3 is 0 Å². The van der Waals surface area contributed by atoms with Crippen molar-refractivity contribution in [1.82, 2.24) is 14.8 Å². The molecule has 1 saturated heterocycles. The van der Waals surface area contributed by atoms with Crippen LogP contribution in [0.5, 0.6) is 0 Å². The molecule has 4 heterocycles. The Balaban J connectivity index is 1.59. The van der Waals surface area contributed by atoms with Crippen LogP contribution in [0.15, 0.2) is 36.0 Å². The highest BCUT2D eigenvalue weighted by Gasteiger charge is 2.34. The molecule has 1 atom stereocenters. The molecule has 0 radical (unpaired) electrons. The summed E-state index contributed by atoms with van der Waals surface area (Å²) in [7, 11) is 0. The zero-order chi connectivity index (χ0) is 16.4. The minimum absolute atomic E-state index is 0.182. The third-order valence-electron chi connectivity index (χ3n) is 4.76. The Morgan fingerprint density at radius 2 is 2.12 bits per heavy atom. The average molecular weight is 343 g/mol. The van der Waals surface area contributed by atoms with Crippen molar-refractivity contribution in [3.05, 3.63) is 52.0 Å². The van der Waals surface area contributed by atoms with E-state index in [0.717, 1.165) is 38.2 Å². The van der Waals surface area contributed by atoms with Crippen molar-refractivity contribution in [3.63, 3.8) is 0 Å². The fraction of sp³-hybridized carbons (Fsp3) is 0.444. The Morgan fingerprint density at radius 3 is 2.92 bits per heavy atom. The number of ether oxygens (including phenoxy) is 1. The number of hydrogen-bond acceptors (Lipinski definition) is 5. The van der Waals surface area contributed by atoms with Gasteiger partial charge in [-0.3, -0.25) is 14.7 Å². The van der Waals surface area contributed by atoms with Crippen LogP contribution in [0.4, 0.5) is 0 Å². The Labute approximate surface area is 145 Å². The van der Waals surface area contributed by atoms with Gasteiger partial charge in [0.25, 0.3) is 0 Å². The molecule has 5 nitrogen and oxygen atoms in total. The summed E-state index contributed by atoms with van der Waals surface area (Å²) in [5.41, 5.74) is 2.27. The number of thiophene rings is 1. The van der Waals surface area contributed by atoms with E-state index in [1.165, 1.54) is 10.4 Å². The smallest absolute Gasteiger partial charge is 0.244 e. The van der Waals surface area contributed by atoms with Crippen molar-refractivity contribution in [3.8, 4) is 0 Å². The molecule has 24 heavy (non-hydrogen) atoms. The first kappa shape index (κ1) is 15.7. The quantitative estimate of drug-likeness (QED) is 0.856. The Bertz CT molecular complexity index is 697. The Morgan fingerprint density at radius 1 is 1.25 bits per heavy atom. The summed E-state index contributed by atoms with van der Waals surface area (Å²) in [4.78, 5) is 23.2. The van der Waals surface area contributed by atoms with Gasteiger partial charge in [0.05, 0.1) is 13.2 Å². The maximum Gasteiger partial charge on any atom is 0.244 e. The second kappa shape index (κ2) is 7.01. The maximum absolute atomic E-state index is 13.3. The zero-order valence-electron chi connectivity index (χ0n) is 13.6. The van der Waals surface area contributed by atoms with Crippen molar-refractivity contribution in [2.75, 3.05) is 32.8 Å². The van der Waals surface area contributed by atoms with E-state index < -0.39 is 0 Å².